The van der Waals surface area contributed by atoms with Gasteiger partial charge >= 0.3 is 0 Å². The molecule has 0 saturated carbocycles. The molecule has 0 unspecified atom stereocenters. The number of hydrogen-bond donors (Lipinski definition) is 1. The molecule has 0 spiro atoms. The quantitative estimate of drug-likeness (QED) is 0.743. The second-order valence-electron chi connectivity index (χ2n) is 6.66. The lowest BCUT2D eigenvalue weighted by atomic mass is 10.1. The summed E-state index contributed by atoms with van der Waals surface area (Å²) in [4.78, 5) is 13.7. The zero-order chi connectivity index (χ0) is 19.1. The number of Topliss-reactive ketones (excluding diaryl/α,β-unsaturated/α-hetero) is 1. The Labute approximate surface area is 163 Å². The van der Waals surface area contributed by atoms with Crippen LogP contribution in [-0.4, -0.2) is 55.8 Å². The van der Waals surface area contributed by atoms with E-state index in [1.165, 1.54) is 4.31 Å². The highest BCUT2D eigenvalue weighted by Gasteiger charge is 2.32. The number of ketones is 1. The number of sulfonamides is 1. The standard InChI is InChI=1S/C17H22ClN3O3S2/c1-12-10-14(13(2)19(12)3)15(22)11-20-6-8-21(9-7-20)26(23,24)17-5-4-16(18)25-17/h4-5,10H,6-9,11H2,1-3H3/p+1. The number of nitrogens with one attached hydrogen (secondary N) is 1. The molecule has 2 aromatic rings. The average Bonchev–Trinajstić information content (AvgIpc) is 3.15. The number of carbonyl (C=O) groups is 1. The third-order valence-electron chi connectivity index (χ3n) is 5.06. The Morgan fingerprint density at radius 3 is 2.42 bits per heavy atom. The second-order valence-corrected chi connectivity index (χ2v) is 10.5. The lowest BCUT2D eigenvalue weighted by Crippen LogP contribution is -3.15. The summed E-state index contributed by atoms with van der Waals surface area (Å²) >= 11 is 6.94. The zero-order valence-corrected chi connectivity index (χ0v) is 17.5. The summed E-state index contributed by atoms with van der Waals surface area (Å²) in [6.45, 7) is 6.39. The zero-order valence-electron chi connectivity index (χ0n) is 15.1. The third-order valence-corrected chi connectivity index (χ3v) is 8.66. The fourth-order valence-electron chi connectivity index (χ4n) is 3.24. The van der Waals surface area contributed by atoms with Crippen LogP contribution in [-0.2, 0) is 17.1 Å². The lowest BCUT2D eigenvalue weighted by molar-refractivity contribution is -0.895. The van der Waals surface area contributed by atoms with Crippen molar-refractivity contribution in [1.82, 2.24) is 8.87 Å². The number of nitrogens with zero attached hydrogens (tertiary/aromatic N) is 2. The van der Waals surface area contributed by atoms with Crippen molar-refractivity contribution in [2.75, 3.05) is 32.7 Å². The molecule has 1 saturated heterocycles. The smallest absolute Gasteiger partial charge is 0.253 e. The summed E-state index contributed by atoms with van der Waals surface area (Å²) in [5, 5.41) is 0. The van der Waals surface area contributed by atoms with Crippen molar-refractivity contribution < 1.29 is 18.1 Å². The van der Waals surface area contributed by atoms with Crippen LogP contribution in [0, 0.1) is 13.8 Å². The second kappa shape index (κ2) is 7.44. The molecule has 0 atom stereocenters. The van der Waals surface area contributed by atoms with Crippen molar-refractivity contribution in [3.8, 4) is 0 Å². The number of carbonyl (C=O) groups excluding carboxylic acids is 1. The van der Waals surface area contributed by atoms with E-state index in [1.54, 1.807) is 12.1 Å². The van der Waals surface area contributed by atoms with Gasteiger partial charge in [-0.1, -0.05) is 11.6 Å². The Kier molecular flexibility index (Phi) is 5.60. The number of quaternary nitrogens is 1. The molecule has 2 aromatic heterocycles. The molecule has 1 fully saturated rings. The first-order valence-electron chi connectivity index (χ1n) is 8.45. The van der Waals surface area contributed by atoms with Crippen LogP contribution in [0.5, 0.6) is 0 Å². The Hall–Kier alpha value is -1.19. The van der Waals surface area contributed by atoms with Crippen LogP contribution >= 0.6 is 22.9 Å². The van der Waals surface area contributed by atoms with E-state index in [0.29, 0.717) is 37.1 Å². The van der Waals surface area contributed by atoms with Crippen LogP contribution in [0.1, 0.15) is 21.7 Å². The predicted octanol–water partition coefficient (Wildman–Crippen LogP) is 1.13. The van der Waals surface area contributed by atoms with Crippen LogP contribution in [0.15, 0.2) is 22.4 Å². The van der Waals surface area contributed by atoms with Crippen molar-refractivity contribution in [1.29, 1.82) is 0 Å². The van der Waals surface area contributed by atoms with Gasteiger partial charge in [0.25, 0.3) is 10.0 Å². The maximum Gasteiger partial charge on any atom is 0.253 e. The monoisotopic (exact) mass is 416 g/mol. The number of aryl methyl sites for hydroxylation is 1. The van der Waals surface area contributed by atoms with E-state index in [9.17, 15) is 13.2 Å². The number of hydrogen-bond acceptors (Lipinski definition) is 4. The van der Waals surface area contributed by atoms with Gasteiger partial charge in [0.1, 0.15) is 10.8 Å². The van der Waals surface area contributed by atoms with Gasteiger partial charge in [-0.25, -0.2) is 8.42 Å². The number of halogens is 1. The molecular formula is C17H23ClN3O3S2+. The molecule has 9 heteroatoms. The molecule has 6 nitrogen and oxygen atoms in total. The Morgan fingerprint density at radius 2 is 1.92 bits per heavy atom. The summed E-state index contributed by atoms with van der Waals surface area (Å²) in [5.74, 6) is 0.113. The van der Waals surface area contributed by atoms with Gasteiger partial charge in [-0.2, -0.15) is 4.31 Å². The largest absolute Gasteiger partial charge is 0.351 e. The fourth-order valence-corrected chi connectivity index (χ4v) is 6.32. The van der Waals surface area contributed by atoms with Crippen molar-refractivity contribution in [2.24, 2.45) is 7.05 Å². The van der Waals surface area contributed by atoms with Crippen molar-refractivity contribution in [3.63, 3.8) is 0 Å². The summed E-state index contributed by atoms with van der Waals surface area (Å²) in [7, 11) is -1.54. The molecule has 0 aliphatic carbocycles. The molecule has 1 aliphatic rings. The van der Waals surface area contributed by atoms with Crippen LogP contribution < -0.4 is 4.90 Å². The van der Waals surface area contributed by atoms with Gasteiger partial charge in [0.15, 0.2) is 0 Å². The summed E-state index contributed by atoms with van der Waals surface area (Å²) < 4.78 is 29.5. The molecular weight excluding hydrogens is 394 g/mol. The minimum Gasteiger partial charge on any atom is -0.351 e. The summed E-state index contributed by atoms with van der Waals surface area (Å²) in [6.07, 6.45) is 0. The number of thiophene rings is 1. The number of piperazine rings is 1. The van der Waals surface area contributed by atoms with E-state index >= 15 is 0 Å². The van der Waals surface area contributed by atoms with Crippen molar-refractivity contribution in [2.45, 2.75) is 18.1 Å². The van der Waals surface area contributed by atoms with Gasteiger partial charge in [-0.05, 0) is 32.0 Å². The normalized spacial score (nSPS) is 16.9. The Balaban J connectivity index is 1.62. The van der Waals surface area contributed by atoms with E-state index in [1.807, 2.05) is 31.5 Å². The molecule has 0 radical (unpaired) electrons. The molecule has 0 bridgehead atoms. The van der Waals surface area contributed by atoms with Gasteiger partial charge in [0.05, 0.1) is 30.5 Å². The van der Waals surface area contributed by atoms with E-state index in [4.69, 9.17) is 11.6 Å². The molecule has 0 amide bonds. The lowest BCUT2D eigenvalue weighted by Gasteiger charge is -2.30. The van der Waals surface area contributed by atoms with E-state index in [0.717, 1.165) is 33.2 Å². The van der Waals surface area contributed by atoms with E-state index in [-0.39, 0.29) is 9.99 Å². The first kappa shape index (κ1) is 19.6. The van der Waals surface area contributed by atoms with Gasteiger partial charge < -0.3 is 9.47 Å². The number of aromatic nitrogens is 1. The first-order chi connectivity index (χ1) is 12.2. The Bertz CT molecular complexity index is 925. The molecule has 1 N–H and O–H groups in total. The van der Waals surface area contributed by atoms with Crippen LogP contribution in [0.4, 0.5) is 0 Å². The van der Waals surface area contributed by atoms with Gasteiger partial charge in [-0.15, -0.1) is 11.3 Å². The number of rotatable bonds is 5. The molecule has 3 heterocycles. The van der Waals surface area contributed by atoms with Gasteiger partial charge in [0.2, 0.25) is 5.78 Å². The molecule has 26 heavy (non-hydrogen) atoms. The maximum absolute atomic E-state index is 12.6. The summed E-state index contributed by atoms with van der Waals surface area (Å²) in [5.41, 5.74) is 2.80. The van der Waals surface area contributed by atoms with Gasteiger partial charge in [-0.3, -0.25) is 4.79 Å². The first-order valence-corrected chi connectivity index (χ1v) is 11.1. The van der Waals surface area contributed by atoms with Crippen molar-refractivity contribution >= 4 is 38.7 Å². The highest BCUT2D eigenvalue weighted by atomic mass is 35.5. The SMILES string of the molecule is Cc1cc(C(=O)C[NH+]2CCN(S(=O)(=O)c3ccc(Cl)s3)CC2)c(C)n1C. The highest BCUT2D eigenvalue weighted by Crippen LogP contribution is 2.28. The predicted molar refractivity (Wildman–Crippen MR) is 103 cm³/mol. The summed E-state index contributed by atoms with van der Waals surface area (Å²) in [6, 6.07) is 5.08. The highest BCUT2D eigenvalue weighted by molar-refractivity contribution is 7.91. The fraction of sp³-hybridized carbons (Fsp3) is 0.471. The third kappa shape index (κ3) is 3.75. The van der Waals surface area contributed by atoms with Crippen LogP contribution in [0.3, 0.4) is 0 Å². The molecule has 1 aliphatic heterocycles. The van der Waals surface area contributed by atoms with Crippen LogP contribution in [0.25, 0.3) is 0 Å². The van der Waals surface area contributed by atoms with Gasteiger partial charge in [0, 0.05) is 24.0 Å². The van der Waals surface area contributed by atoms with Crippen molar-refractivity contribution in [3.05, 3.63) is 39.5 Å². The Morgan fingerprint density at radius 1 is 1.27 bits per heavy atom. The maximum atomic E-state index is 12.6. The van der Waals surface area contributed by atoms with E-state index in [2.05, 4.69) is 0 Å². The molecule has 0 aromatic carbocycles. The minimum absolute atomic E-state index is 0.113. The van der Waals surface area contributed by atoms with Crippen LogP contribution in [0.2, 0.25) is 4.34 Å². The molecule has 3 rings (SSSR count). The topological polar surface area (TPSA) is 63.8 Å². The molecule has 142 valence electrons. The van der Waals surface area contributed by atoms with E-state index < -0.39 is 10.0 Å². The average molecular weight is 417 g/mol. The minimum atomic E-state index is -3.49.